The second kappa shape index (κ2) is 6.45. The van der Waals surface area contributed by atoms with Gasteiger partial charge < -0.3 is 9.80 Å². The van der Waals surface area contributed by atoms with Crippen LogP contribution in [0.15, 0.2) is 30.5 Å². The lowest BCUT2D eigenvalue weighted by atomic mass is 10.2. The molecule has 23 heavy (non-hydrogen) atoms. The Labute approximate surface area is 138 Å². The van der Waals surface area contributed by atoms with Gasteiger partial charge >= 0.3 is 6.03 Å². The predicted molar refractivity (Wildman–Crippen MR) is 87.4 cm³/mol. The van der Waals surface area contributed by atoms with E-state index in [9.17, 15) is 9.18 Å². The molecule has 1 aliphatic rings. The van der Waals surface area contributed by atoms with Gasteiger partial charge in [0.15, 0.2) is 0 Å². The number of amides is 2. The van der Waals surface area contributed by atoms with Gasteiger partial charge in [0, 0.05) is 39.3 Å². The van der Waals surface area contributed by atoms with Crippen LogP contribution in [0.25, 0.3) is 0 Å². The minimum Gasteiger partial charge on any atom is -0.367 e. The van der Waals surface area contributed by atoms with Gasteiger partial charge in [-0.2, -0.15) is 5.10 Å². The van der Waals surface area contributed by atoms with E-state index in [0.717, 1.165) is 5.69 Å². The van der Waals surface area contributed by atoms with Crippen LogP contribution >= 0.6 is 11.6 Å². The van der Waals surface area contributed by atoms with Crippen LogP contribution in [-0.2, 0) is 7.05 Å². The maximum absolute atomic E-state index is 13.1. The molecule has 8 heteroatoms. The van der Waals surface area contributed by atoms with Crippen molar-refractivity contribution >= 4 is 29.1 Å². The molecule has 1 aromatic heterocycles. The number of anilines is 2. The first-order valence-electron chi connectivity index (χ1n) is 7.28. The number of aromatic nitrogens is 2. The molecule has 122 valence electrons. The highest BCUT2D eigenvalue weighted by Gasteiger charge is 2.23. The van der Waals surface area contributed by atoms with E-state index < -0.39 is 0 Å². The van der Waals surface area contributed by atoms with Crippen LogP contribution in [0.1, 0.15) is 0 Å². The van der Waals surface area contributed by atoms with E-state index in [0.29, 0.717) is 37.0 Å². The fourth-order valence-corrected chi connectivity index (χ4v) is 2.86. The number of nitrogens with one attached hydrogen (secondary N) is 1. The zero-order chi connectivity index (χ0) is 16.4. The molecule has 2 amide bonds. The molecular weight excluding hydrogens is 321 g/mol. The van der Waals surface area contributed by atoms with Crippen molar-refractivity contribution in [2.24, 2.45) is 7.05 Å². The molecule has 3 rings (SSSR count). The Morgan fingerprint density at radius 1 is 1.26 bits per heavy atom. The molecule has 0 spiro atoms. The third-order valence-corrected chi connectivity index (χ3v) is 4.18. The van der Waals surface area contributed by atoms with Crippen molar-refractivity contribution < 1.29 is 9.18 Å². The van der Waals surface area contributed by atoms with Gasteiger partial charge in [0.25, 0.3) is 0 Å². The van der Waals surface area contributed by atoms with Crippen molar-refractivity contribution in [3.05, 3.63) is 41.3 Å². The molecule has 2 aromatic rings. The number of benzene rings is 1. The summed E-state index contributed by atoms with van der Waals surface area (Å²) in [5.74, 6) is 0.298. The Hall–Kier alpha value is -2.28. The second-order valence-corrected chi connectivity index (χ2v) is 5.75. The lowest BCUT2D eigenvalue weighted by Crippen LogP contribution is -2.50. The number of rotatable bonds is 2. The molecule has 0 bridgehead atoms. The van der Waals surface area contributed by atoms with Gasteiger partial charge in [-0.1, -0.05) is 11.6 Å². The van der Waals surface area contributed by atoms with Crippen molar-refractivity contribution in [1.29, 1.82) is 0 Å². The normalized spacial score (nSPS) is 14.9. The lowest BCUT2D eigenvalue weighted by molar-refractivity contribution is 0.208. The van der Waals surface area contributed by atoms with Crippen LogP contribution in [0, 0.1) is 5.82 Å². The largest absolute Gasteiger partial charge is 0.367 e. The van der Waals surface area contributed by atoms with Gasteiger partial charge in [0.2, 0.25) is 0 Å². The fourth-order valence-electron chi connectivity index (χ4n) is 2.57. The molecule has 0 aliphatic carbocycles. The van der Waals surface area contributed by atoms with Crippen molar-refractivity contribution in [2.45, 2.75) is 0 Å². The number of nitrogens with zero attached hydrogens (tertiary/aromatic N) is 4. The Balaban J connectivity index is 1.60. The summed E-state index contributed by atoms with van der Waals surface area (Å²) in [6.45, 7) is 2.42. The highest BCUT2D eigenvalue weighted by Crippen LogP contribution is 2.27. The molecule has 1 saturated heterocycles. The smallest absolute Gasteiger partial charge is 0.323 e. The number of halogens is 2. The average molecular weight is 338 g/mol. The summed E-state index contributed by atoms with van der Waals surface area (Å²) in [7, 11) is 1.77. The maximum Gasteiger partial charge on any atom is 0.323 e. The van der Waals surface area contributed by atoms with Crippen LogP contribution in [0.3, 0.4) is 0 Å². The second-order valence-electron chi connectivity index (χ2n) is 5.34. The number of aryl methyl sites for hydroxylation is 1. The molecule has 6 nitrogen and oxygen atoms in total. The van der Waals surface area contributed by atoms with E-state index in [-0.39, 0.29) is 11.8 Å². The Morgan fingerprint density at radius 2 is 2.00 bits per heavy atom. The molecule has 1 N–H and O–H groups in total. The fraction of sp³-hybridized carbons (Fsp3) is 0.333. The topological polar surface area (TPSA) is 53.4 Å². The molecule has 0 unspecified atom stereocenters. The summed E-state index contributed by atoms with van der Waals surface area (Å²) in [5.41, 5.74) is 0.791. The summed E-state index contributed by atoms with van der Waals surface area (Å²) < 4.78 is 14.7. The van der Waals surface area contributed by atoms with Crippen LogP contribution in [-0.4, -0.2) is 46.9 Å². The van der Waals surface area contributed by atoms with E-state index in [1.165, 1.54) is 12.1 Å². The highest BCUT2D eigenvalue weighted by molar-refractivity contribution is 6.33. The van der Waals surface area contributed by atoms with Crippen molar-refractivity contribution in [1.82, 2.24) is 14.7 Å². The molecule has 1 aliphatic heterocycles. The summed E-state index contributed by atoms with van der Waals surface area (Å²) in [6, 6.07) is 5.95. The lowest BCUT2D eigenvalue weighted by Gasteiger charge is -2.36. The van der Waals surface area contributed by atoms with Crippen LogP contribution < -0.4 is 10.2 Å². The minimum atomic E-state index is -0.354. The number of urea groups is 1. The maximum atomic E-state index is 13.1. The van der Waals surface area contributed by atoms with E-state index in [2.05, 4.69) is 15.3 Å². The third-order valence-electron chi connectivity index (χ3n) is 3.87. The number of piperazine rings is 1. The first-order valence-corrected chi connectivity index (χ1v) is 7.66. The summed E-state index contributed by atoms with van der Waals surface area (Å²) >= 11 is 6.09. The van der Waals surface area contributed by atoms with Gasteiger partial charge in [-0.05, 0) is 18.2 Å². The molecular formula is C15H17ClFN5O. The Kier molecular flexibility index (Phi) is 4.38. The van der Waals surface area contributed by atoms with E-state index >= 15 is 0 Å². The number of hydrogen-bond acceptors (Lipinski definition) is 3. The van der Waals surface area contributed by atoms with Crippen LogP contribution in [0.2, 0.25) is 5.02 Å². The molecule has 0 radical (unpaired) electrons. The molecule has 0 saturated carbocycles. The molecule has 1 fully saturated rings. The van der Waals surface area contributed by atoms with Crippen molar-refractivity contribution in [2.75, 3.05) is 36.4 Å². The van der Waals surface area contributed by atoms with Gasteiger partial charge in [-0.15, -0.1) is 0 Å². The molecule has 0 atom stereocenters. The molecule has 1 aromatic carbocycles. The standard InChI is InChI=1S/C15H17ClFN5O/c1-20-14(4-5-18-20)19-15(23)22-8-6-21(7-9-22)13-3-2-11(17)10-12(13)16/h2-5,10H,6-9H2,1H3,(H,19,23). The average Bonchev–Trinajstić information content (AvgIpc) is 2.93. The zero-order valence-electron chi connectivity index (χ0n) is 12.7. The highest BCUT2D eigenvalue weighted by atomic mass is 35.5. The zero-order valence-corrected chi connectivity index (χ0v) is 13.4. The van der Waals surface area contributed by atoms with E-state index in [1.807, 2.05) is 0 Å². The SMILES string of the molecule is Cn1nccc1NC(=O)N1CCN(c2ccc(F)cc2Cl)CC1. The molecule has 2 heterocycles. The van der Waals surface area contributed by atoms with Crippen molar-refractivity contribution in [3.63, 3.8) is 0 Å². The number of carbonyl (C=O) groups is 1. The minimum absolute atomic E-state index is 0.154. The Morgan fingerprint density at radius 3 is 2.61 bits per heavy atom. The predicted octanol–water partition coefficient (Wildman–Crippen LogP) is 2.57. The van der Waals surface area contributed by atoms with Gasteiger partial charge in [0.05, 0.1) is 16.9 Å². The number of carbonyl (C=O) groups excluding carboxylic acids is 1. The van der Waals surface area contributed by atoms with Gasteiger partial charge in [0.1, 0.15) is 11.6 Å². The Bertz CT molecular complexity index is 712. The van der Waals surface area contributed by atoms with Crippen molar-refractivity contribution in [3.8, 4) is 0 Å². The number of hydrogen-bond donors (Lipinski definition) is 1. The first-order chi connectivity index (χ1) is 11.0. The quantitative estimate of drug-likeness (QED) is 0.916. The monoisotopic (exact) mass is 337 g/mol. The van der Waals surface area contributed by atoms with Gasteiger partial charge in [-0.25, -0.2) is 9.18 Å². The summed E-state index contributed by atoms with van der Waals surface area (Å²) in [6.07, 6.45) is 1.63. The third kappa shape index (κ3) is 3.39. The van der Waals surface area contributed by atoms with Crippen LogP contribution in [0.5, 0.6) is 0 Å². The first kappa shape index (κ1) is 15.6. The summed E-state index contributed by atoms with van der Waals surface area (Å²) in [4.78, 5) is 16.0. The van der Waals surface area contributed by atoms with Crippen LogP contribution in [0.4, 0.5) is 20.7 Å². The van der Waals surface area contributed by atoms with E-state index in [4.69, 9.17) is 11.6 Å². The van der Waals surface area contributed by atoms with Gasteiger partial charge in [-0.3, -0.25) is 10.00 Å². The van der Waals surface area contributed by atoms with E-state index in [1.54, 1.807) is 35.0 Å². The summed E-state index contributed by atoms with van der Waals surface area (Å²) in [5, 5.41) is 7.23.